The molecule has 0 aliphatic carbocycles. The average molecular weight is 578 g/mol. The Kier molecular flexibility index (Phi) is 9.27. The number of benzene rings is 3. The van der Waals surface area contributed by atoms with Gasteiger partial charge in [-0.25, -0.2) is 9.36 Å². The first-order chi connectivity index (χ1) is 19.5. The number of amides is 1. The molecule has 216 valence electrons. The quantitative estimate of drug-likeness (QED) is 0.199. The number of ether oxygens (including phenoxy) is 3. The van der Waals surface area contributed by atoms with E-state index in [1.54, 1.807) is 34.6 Å². The van der Waals surface area contributed by atoms with Gasteiger partial charge < -0.3 is 14.2 Å². The molecule has 0 spiro atoms. The normalized spacial score (nSPS) is 18.7. The summed E-state index contributed by atoms with van der Waals surface area (Å²) >= 11 is 0. The third-order valence-electron chi connectivity index (χ3n) is 6.86. The number of esters is 1. The van der Waals surface area contributed by atoms with Crippen molar-refractivity contribution < 1.29 is 32.9 Å². The van der Waals surface area contributed by atoms with E-state index in [0.717, 1.165) is 5.56 Å². The van der Waals surface area contributed by atoms with Crippen molar-refractivity contribution in [3.8, 4) is 0 Å². The van der Waals surface area contributed by atoms with Crippen LogP contribution in [0, 0.1) is 0 Å². The molecule has 0 N–H and O–H groups in total. The Balaban J connectivity index is 1.84. The Labute approximate surface area is 242 Å². The number of rotatable bonds is 9. The summed E-state index contributed by atoms with van der Waals surface area (Å²) < 4.78 is 36.5. The highest BCUT2D eigenvalue weighted by Gasteiger charge is 2.61. The van der Waals surface area contributed by atoms with E-state index >= 15 is 0 Å². The molecule has 1 aliphatic heterocycles. The highest BCUT2D eigenvalue weighted by Crippen LogP contribution is 2.49. The predicted octanol–water partition coefficient (Wildman–Crippen LogP) is 7.03. The standard InChI is InChI=1S/C32H36NO7P/c1-30(2,3)38-27(34)21-26-28(39-31(4,5)33(26)29(35)37-22-23-15-9-6-10-16-23)32(40-41-36,24-17-11-7-12-18-24)25-19-13-8-14-20-25/h6-20,26,28H,21-22H2,1-5H3. The molecule has 3 aromatic carbocycles. The van der Waals surface area contributed by atoms with Gasteiger partial charge >= 0.3 is 20.7 Å². The molecular formula is C32H36NO7P. The largest absolute Gasteiger partial charge is 0.460 e. The van der Waals surface area contributed by atoms with E-state index < -0.39 is 49.8 Å². The average Bonchev–Trinajstić information content (AvgIpc) is 3.20. The zero-order valence-electron chi connectivity index (χ0n) is 24.0. The van der Waals surface area contributed by atoms with E-state index in [-0.39, 0.29) is 13.0 Å². The highest BCUT2D eigenvalue weighted by molar-refractivity contribution is 7.17. The molecule has 1 amide bonds. The molecule has 2 atom stereocenters. The van der Waals surface area contributed by atoms with E-state index in [1.807, 2.05) is 91.0 Å². The lowest BCUT2D eigenvalue weighted by atomic mass is 9.78. The molecule has 1 aliphatic rings. The molecule has 3 aromatic rings. The Morgan fingerprint density at radius 3 is 1.88 bits per heavy atom. The third-order valence-corrected chi connectivity index (χ3v) is 7.22. The molecule has 41 heavy (non-hydrogen) atoms. The van der Waals surface area contributed by atoms with E-state index in [1.165, 1.54) is 4.90 Å². The van der Waals surface area contributed by atoms with Crippen molar-refractivity contribution >= 4 is 20.7 Å². The van der Waals surface area contributed by atoms with Gasteiger partial charge in [-0.15, -0.1) is 0 Å². The van der Waals surface area contributed by atoms with Gasteiger partial charge in [0.05, 0.1) is 12.5 Å². The maximum absolute atomic E-state index is 13.8. The Morgan fingerprint density at radius 1 is 0.878 bits per heavy atom. The van der Waals surface area contributed by atoms with Crippen LogP contribution in [-0.4, -0.2) is 40.4 Å². The minimum absolute atomic E-state index is 0.0360. The van der Waals surface area contributed by atoms with E-state index in [2.05, 4.69) is 0 Å². The lowest BCUT2D eigenvalue weighted by Crippen LogP contribution is -2.53. The van der Waals surface area contributed by atoms with Crippen molar-refractivity contribution in [2.75, 3.05) is 0 Å². The second-order valence-corrected chi connectivity index (χ2v) is 11.7. The predicted molar refractivity (Wildman–Crippen MR) is 154 cm³/mol. The first-order valence-electron chi connectivity index (χ1n) is 13.5. The summed E-state index contributed by atoms with van der Waals surface area (Å²) in [6.07, 6.45) is -1.86. The van der Waals surface area contributed by atoms with Gasteiger partial charge in [0.2, 0.25) is 0 Å². The van der Waals surface area contributed by atoms with Gasteiger partial charge in [0, 0.05) is 0 Å². The van der Waals surface area contributed by atoms with Crippen LogP contribution in [0.4, 0.5) is 4.79 Å². The van der Waals surface area contributed by atoms with Crippen molar-refractivity contribution in [3.63, 3.8) is 0 Å². The number of carbonyl (C=O) groups is 2. The number of nitrogens with zero attached hydrogens (tertiary/aromatic N) is 1. The summed E-state index contributed by atoms with van der Waals surface area (Å²) in [6, 6.07) is 26.9. The monoisotopic (exact) mass is 577 g/mol. The summed E-state index contributed by atoms with van der Waals surface area (Å²) in [5, 5.41) is 0. The Morgan fingerprint density at radius 2 is 1.39 bits per heavy atom. The molecule has 0 aromatic heterocycles. The fourth-order valence-corrected chi connectivity index (χ4v) is 5.75. The molecule has 2 unspecified atom stereocenters. The molecule has 0 saturated carbocycles. The summed E-state index contributed by atoms with van der Waals surface area (Å²) in [7, 11) is -0.607. The third kappa shape index (κ3) is 6.84. The summed E-state index contributed by atoms with van der Waals surface area (Å²) in [5.41, 5.74) is -1.35. The van der Waals surface area contributed by atoms with Crippen molar-refractivity contribution in [3.05, 3.63) is 108 Å². The van der Waals surface area contributed by atoms with E-state index in [0.29, 0.717) is 11.1 Å². The van der Waals surface area contributed by atoms with Crippen LogP contribution in [0.25, 0.3) is 0 Å². The minimum Gasteiger partial charge on any atom is -0.460 e. The highest BCUT2D eigenvalue weighted by atomic mass is 31.1. The van der Waals surface area contributed by atoms with Gasteiger partial charge in [0.25, 0.3) is 0 Å². The van der Waals surface area contributed by atoms with Crippen LogP contribution in [0.2, 0.25) is 0 Å². The van der Waals surface area contributed by atoms with Crippen molar-refractivity contribution in [2.45, 2.75) is 76.7 Å². The zero-order chi connectivity index (χ0) is 29.7. The van der Waals surface area contributed by atoms with Gasteiger partial charge in [0.15, 0.2) is 5.60 Å². The van der Waals surface area contributed by atoms with Gasteiger partial charge in [-0.1, -0.05) is 91.0 Å². The molecule has 1 saturated heterocycles. The zero-order valence-corrected chi connectivity index (χ0v) is 24.9. The van der Waals surface area contributed by atoms with Gasteiger partial charge in [-0.3, -0.25) is 14.2 Å². The topological polar surface area (TPSA) is 91.4 Å². The number of hydrogen-bond acceptors (Lipinski definition) is 7. The summed E-state index contributed by atoms with van der Waals surface area (Å²) in [4.78, 5) is 28.5. The maximum Gasteiger partial charge on any atom is 0.412 e. The van der Waals surface area contributed by atoms with E-state index in [4.69, 9.17) is 18.7 Å². The first kappa shape index (κ1) is 30.4. The molecular weight excluding hydrogens is 541 g/mol. The van der Waals surface area contributed by atoms with Crippen LogP contribution in [-0.2, 0) is 40.3 Å². The lowest BCUT2D eigenvalue weighted by molar-refractivity contribution is -0.156. The van der Waals surface area contributed by atoms with Crippen LogP contribution in [0.3, 0.4) is 0 Å². The molecule has 0 bridgehead atoms. The first-order valence-corrected chi connectivity index (χ1v) is 14.2. The summed E-state index contributed by atoms with van der Waals surface area (Å²) in [6.45, 7) is 8.83. The van der Waals surface area contributed by atoms with Crippen molar-refractivity contribution in [1.82, 2.24) is 4.90 Å². The van der Waals surface area contributed by atoms with Gasteiger partial charge in [-0.2, -0.15) is 0 Å². The van der Waals surface area contributed by atoms with Crippen LogP contribution in [0.15, 0.2) is 91.0 Å². The fraction of sp³-hybridized carbons (Fsp3) is 0.375. The Bertz CT molecular complexity index is 1290. The summed E-state index contributed by atoms with van der Waals surface area (Å²) in [5.74, 6) is -0.524. The lowest BCUT2D eigenvalue weighted by Gasteiger charge is -2.39. The minimum atomic E-state index is -1.47. The SMILES string of the molecule is CC(C)(C)OC(=O)CC1C(C(OP=O)(c2ccccc2)c2ccccc2)OC(C)(C)N1C(=O)OCc1ccccc1. The second-order valence-electron chi connectivity index (χ2n) is 11.4. The molecule has 1 fully saturated rings. The maximum atomic E-state index is 13.8. The van der Waals surface area contributed by atoms with Crippen LogP contribution in [0.5, 0.6) is 0 Å². The van der Waals surface area contributed by atoms with Gasteiger partial charge in [-0.05, 0) is 51.3 Å². The second kappa shape index (κ2) is 12.5. The fourth-order valence-electron chi connectivity index (χ4n) is 5.31. The molecule has 4 rings (SSSR count). The molecule has 8 nitrogen and oxygen atoms in total. The van der Waals surface area contributed by atoms with Crippen molar-refractivity contribution in [1.29, 1.82) is 0 Å². The van der Waals surface area contributed by atoms with E-state index in [9.17, 15) is 14.2 Å². The smallest absolute Gasteiger partial charge is 0.412 e. The molecule has 0 radical (unpaired) electrons. The van der Waals surface area contributed by atoms with Gasteiger partial charge in [0.1, 0.15) is 24.0 Å². The van der Waals surface area contributed by atoms with Crippen LogP contribution >= 0.6 is 8.69 Å². The molecule has 9 heteroatoms. The van der Waals surface area contributed by atoms with Crippen LogP contribution in [0.1, 0.15) is 57.7 Å². The number of hydrogen-bond donors (Lipinski definition) is 0. The Hall–Kier alpha value is -3.58. The van der Waals surface area contributed by atoms with Crippen molar-refractivity contribution in [2.24, 2.45) is 0 Å². The van der Waals surface area contributed by atoms with Crippen LogP contribution < -0.4 is 0 Å². The molecule has 1 heterocycles. The number of carbonyl (C=O) groups excluding carboxylic acids is 2.